The Labute approximate surface area is 143 Å². The van der Waals surface area contributed by atoms with Gasteiger partial charge in [-0.1, -0.05) is 6.92 Å². The number of halogens is 1. The molecule has 7 nitrogen and oxygen atoms in total. The molecular weight excluding hydrogens is 390 g/mol. The van der Waals surface area contributed by atoms with Crippen LogP contribution in [0.2, 0.25) is 0 Å². The number of hydrogen-bond donors (Lipinski definition) is 0. The molecule has 0 spiro atoms. The minimum absolute atomic E-state index is 0.0862. The zero-order valence-electron chi connectivity index (χ0n) is 13.0. The van der Waals surface area contributed by atoms with Crippen molar-refractivity contribution < 1.29 is 27.5 Å². The molecule has 1 rings (SSSR count). The summed E-state index contributed by atoms with van der Waals surface area (Å²) >= 11 is 3.17. The van der Waals surface area contributed by atoms with Gasteiger partial charge in [0.15, 0.2) is 0 Å². The van der Waals surface area contributed by atoms with Crippen LogP contribution in [0.15, 0.2) is 27.6 Å². The van der Waals surface area contributed by atoms with E-state index < -0.39 is 28.5 Å². The van der Waals surface area contributed by atoms with E-state index in [9.17, 15) is 18.0 Å². The van der Waals surface area contributed by atoms with Gasteiger partial charge >= 0.3 is 11.9 Å². The number of ether oxygens (including phenoxy) is 2. The highest BCUT2D eigenvalue weighted by Crippen LogP contribution is 2.24. The molecule has 0 amide bonds. The molecule has 9 heteroatoms. The first-order valence-corrected chi connectivity index (χ1v) is 8.96. The van der Waals surface area contributed by atoms with Gasteiger partial charge < -0.3 is 9.47 Å². The average Bonchev–Trinajstić information content (AvgIpc) is 2.53. The maximum absolute atomic E-state index is 12.7. The number of carbonyl (C=O) groups is 2. The molecule has 0 bridgehead atoms. The Morgan fingerprint density at radius 3 is 2.39 bits per heavy atom. The molecule has 0 radical (unpaired) electrons. The molecule has 128 valence electrons. The Bertz CT molecular complexity index is 689. The topological polar surface area (TPSA) is 90.0 Å². The van der Waals surface area contributed by atoms with Gasteiger partial charge in [0.2, 0.25) is 10.0 Å². The Hall–Kier alpha value is -1.45. The molecule has 0 aliphatic rings. The lowest BCUT2D eigenvalue weighted by Crippen LogP contribution is -2.36. The fourth-order valence-electron chi connectivity index (χ4n) is 1.82. The smallest absolute Gasteiger partial charge is 0.339 e. The third-order valence-electron chi connectivity index (χ3n) is 2.99. The van der Waals surface area contributed by atoms with E-state index in [1.54, 1.807) is 6.92 Å². The van der Waals surface area contributed by atoms with Crippen LogP contribution in [0.25, 0.3) is 0 Å². The first-order chi connectivity index (χ1) is 10.8. The number of rotatable bonds is 7. The Balaban J connectivity index is 3.29. The maximum atomic E-state index is 12.7. The van der Waals surface area contributed by atoms with E-state index in [1.807, 2.05) is 0 Å². The summed E-state index contributed by atoms with van der Waals surface area (Å²) in [5.74, 6) is -1.32. The second-order valence-corrected chi connectivity index (χ2v) is 7.34. The van der Waals surface area contributed by atoms with E-state index in [0.717, 1.165) is 4.31 Å². The fourth-order valence-corrected chi connectivity index (χ4v) is 3.73. The molecule has 0 saturated carbocycles. The van der Waals surface area contributed by atoms with Crippen molar-refractivity contribution in [1.82, 2.24) is 4.31 Å². The third-order valence-corrected chi connectivity index (χ3v) is 5.52. The normalized spacial score (nSPS) is 11.3. The third kappa shape index (κ3) is 4.76. The van der Waals surface area contributed by atoms with Crippen LogP contribution in [-0.2, 0) is 24.3 Å². The summed E-state index contributed by atoms with van der Waals surface area (Å²) in [5.41, 5.74) is 0.0862. The molecule has 0 heterocycles. The minimum atomic E-state index is -3.95. The van der Waals surface area contributed by atoms with Crippen molar-refractivity contribution in [3.63, 3.8) is 0 Å². The number of esters is 2. The van der Waals surface area contributed by atoms with E-state index in [4.69, 9.17) is 0 Å². The number of carbonyl (C=O) groups excluding carboxylic acids is 2. The van der Waals surface area contributed by atoms with Gasteiger partial charge in [-0.25, -0.2) is 13.2 Å². The zero-order valence-corrected chi connectivity index (χ0v) is 15.4. The van der Waals surface area contributed by atoms with Gasteiger partial charge in [-0.15, -0.1) is 0 Å². The van der Waals surface area contributed by atoms with Gasteiger partial charge in [0.05, 0.1) is 24.7 Å². The van der Waals surface area contributed by atoms with E-state index in [0.29, 0.717) is 10.9 Å². The summed E-state index contributed by atoms with van der Waals surface area (Å²) < 4.78 is 36.0. The summed E-state index contributed by atoms with van der Waals surface area (Å²) in [4.78, 5) is 23.0. The van der Waals surface area contributed by atoms with Crippen molar-refractivity contribution in [3.8, 4) is 0 Å². The molecule has 1 aromatic carbocycles. The van der Waals surface area contributed by atoms with E-state index in [2.05, 4.69) is 25.4 Å². The minimum Gasteiger partial charge on any atom is -0.468 e. The van der Waals surface area contributed by atoms with E-state index in [-0.39, 0.29) is 17.0 Å². The molecule has 0 fully saturated rings. The lowest BCUT2D eigenvalue weighted by Gasteiger charge is -2.20. The van der Waals surface area contributed by atoms with Crippen molar-refractivity contribution in [3.05, 3.63) is 28.2 Å². The number of methoxy groups -OCH3 is 2. The standard InChI is InChI=1S/C14H18BrNO6S/c1-4-7-16(9-13(17)21-2)23(19,20)10-5-6-12(15)11(8-10)14(18)22-3/h5-6,8H,4,7,9H2,1-3H3. The molecular formula is C14H18BrNO6S. The maximum Gasteiger partial charge on any atom is 0.339 e. The number of nitrogens with zero attached hydrogens (tertiary/aromatic N) is 1. The molecule has 0 aliphatic heterocycles. The summed E-state index contributed by atoms with van der Waals surface area (Å²) in [6.07, 6.45) is 0.524. The average molecular weight is 408 g/mol. The van der Waals surface area contributed by atoms with E-state index >= 15 is 0 Å². The fraction of sp³-hybridized carbons (Fsp3) is 0.429. The van der Waals surface area contributed by atoms with Crippen LogP contribution in [0, 0.1) is 0 Å². The summed E-state index contributed by atoms with van der Waals surface area (Å²) in [5, 5.41) is 0. The first kappa shape index (κ1) is 19.6. The Morgan fingerprint density at radius 2 is 1.87 bits per heavy atom. The highest BCUT2D eigenvalue weighted by atomic mass is 79.9. The summed E-state index contributed by atoms with van der Waals surface area (Å²) in [6, 6.07) is 4.01. The molecule has 23 heavy (non-hydrogen) atoms. The predicted molar refractivity (Wildman–Crippen MR) is 86.5 cm³/mol. The summed E-state index contributed by atoms with van der Waals surface area (Å²) in [6.45, 7) is 1.55. The van der Waals surface area contributed by atoms with Crippen LogP contribution >= 0.6 is 15.9 Å². The van der Waals surface area contributed by atoms with Gasteiger partial charge in [0.25, 0.3) is 0 Å². The van der Waals surface area contributed by atoms with Crippen LogP contribution in [-0.4, -0.2) is 52.0 Å². The number of benzene rings is 1. The number of hydrogen-bond acceptors (Lipinski definition) is 6. The van der Waals surface area contributed by atoms with Crippen LogP contribution in [0.1, 0.15) is 23.7 Å². The lowest BCUT2D eigenvalue weighted by atomic mass is 10.2. The molecule has 0 atom stereocenters. The molecule has 0 aliphatic carbocycles. The van der Waals surface area contributed by atoms with Gasteiger partial charge in [-0.05, 0) is 40.5 Å². The van der Waals surface area contributed by atoms with Gasteiger partial charge in [0, 0.05) is 11.0 Å². The molecule has 0 saturated heterocycles. The van der Waals surface area contributed by atoms with Crippen molar-refractivity contribution in [2.45, 2.75) is 18.2 Å². The van der Waals surface area contributed by atoms with Gasteiger partial charge in [-0.2, -0.15) is 4.31 Å². The molecule has 0 N–H and O–H groups in total. The van der Waals surface area contributed by atoms with Crippen LogP contribution < -0.4 is 0 Å². The van der Waals surface area contributed by atoms with Crippen molar-refractivity contribution >= 4 is 37.9 Å². The molecule has 1 aromatic rings. The largest absolute Gasteiger partial charge is 0.468 e. The monoisotopic (exact) mass is 407 g/mol. The SMILES string of the molecule is CCCN(CC(=O)OC)S(=O)(=O)c1ccc(Br)c(C(=O)OC)c1. The first-order valence-electron chi connectivity index (χ1n) is 6.72. The van der Waals surface area contributed by atoms with Crippen LogP contribution in [0.4, 0.5) is 0 Å². The van der Waals surface area contributed by atoms with Crippen molar-refractivity contribution in [2.75, 3.05) is 27.3 Å². The Morgan fingerprint density at radius 1 is 1.22 bits per heavy atom. The van der Waals surface area contributed by atoms with Crippen LogP contribution in [0.3, 0.4) is 0 Å². The highest BCUT2D eigenvalue weighted by molar-refractivity contribution is 9.10. The summed E-state index contributed by atoms with van der Waals surface area (Å²) in [7, 11) is -1.55. The van der Waals surface area contributed by atoms with E-state index in [1.165, 1.54) is 32.4 Å². The quantitative estimate of drug-likeness (QED) is 0.640. The second-order valence-electron chi connectivity index (χ2n) is 4.55. The van der Waals surface area contributed by atoms with Crippen molar-refractivity contribution in [2.24, 2.45) is 0 Å². The Kier molecular flexibility index (Phi) is 7.17. The molecule has 0 unspecified atom stereocenters. The molecule has 0 aromatic heterocycles. The van der Waals surface area contributed by atoms with Crippen LogP contribution in [0.5, 0.6) is 0 Å². The van der Waals surface area contributed by atoms with Gasteiger partial charge in [0.1, 0.15) is 6.54 Å². The number of sulfonamides is 1. The zero-order chi connectivity index (χ0) is 17.6. The van der Waals surface area contributed by atoms with Crippen molar-refractivity contribution in [1.29, 1.82) is 0 Å². The van der Waals surface area contributed by atoms with Gasteiger partial charge in [-0.3, -0.25) is 4.79 Å². The predicted octanol–water partition coefficient (Wildman–Crippen LogP) is 1.81. The lowest BCUT2D eigenvalue weighted by molar-refractivity contribution is -0.140. The highest BCUT2D eigenvalue weighted by Gasteiger charge is 2.27. The second kappa shape index (κ2) is 8.42.